The molecular formula is C13H18N4O2S. The van der Waals surface area contributed by atoms with Gasteiger partial charge in [0, 0.05) is 37.9 Å². The first-order chi connectivity index (χ1) is 9.42. The Kier molecular flexibility index (Phi) is 4.10. The van der Waals surface area contributed by atoms with Crippen molar-refractivity contribution in [2.75, 3.05) is 37.4 Å². The Hall–Kier alpha value is -1.86. The molecule has 0 saturated carbocycles. The minimum atomic E-state index is -3.20. The molecule has 0 radical (unpaired) electrons. The molecule has 2 rings (SSSR count). The smallest absolute Gasteiger partial charge is 0.215 e. The average Bonchev–Trinajstić information content (AvgIpc) is 2.41. The van der Waals surface area contributed by atoms with Gasteiger partial charge in [0.2, 0.25) is 10.0 Å². The number of hydrogen-bond donors (Lipinski definition) is 2. The van der Waals surface area contributed by atoms with Gasteiger partial charge in [-0.25, -0.2) is 12.7 Å². The minimum Gasteiger partial charge on any atom is -0.397 e. The lowest BCUT2D eigenvalue weighted by Crippen LogP contribution is -2.28. The van der Waals surface area contributed by atoms with Gasteiger partial charge in [0.1, 0.15) is 0 Å². The first-order valence-corrected chi connectivity index (χ1v) is 7.80. The molecule has 2 aromatic rings. The molecule has 6 nitrogen and oxygen atoms in total. The van der Waals surface area contributed by atoms with Gasteiger partial charge in [0.15, 0.2) is 0 Å². The third-order valence-corrected chi connectivity index (χ3v) is 4.87. The van der Waals surface area contributed by atoms with Crippen LogP contribution in [0.4, 0.5) is 11.4 Å². The zero-order valence-corrected chi connectivity index (χ0v) is 12.3. The number of nitrogens with zero attached hydrogens (tertiary/aromatic N) is 2. The Morgan fingerprint density at radius 3 is 2.75 bits per heavy atom. The van der Waals surface area contributed by atoms with E-state index < -0.39 is 10.0 Å². The highest BCUT2D eigenvalue weighted by atomic mass is 32.2. The molecule has 0 unspecified atom stereocenters. The van der Waals surface area contributed by atoms with Crippen molar-refractivity contribution in [2.24, 2.45) is 0 Å². The third-order valence-electron chi connectivity index (χ3n) is 3.03. The van der Waals surface area contributed by atoms with E-state index in [1.165, 1.54) is 18.4 Å². The first-order valence-electron chi connectivity index (χ1n) is 6.19. The van der Waals surface area contributed by atoms with Gasteiger partial charge in [-0.2, -0.15) is 0 Å². The monoisotopic (exact) mass is 294 g/mol. The highest BCUT2D eigenvalue weighted by Crippen LogP contribution is 2.26. The summed E-state index contributed by atoms with van der Waals surface area (Å²) in [6, 6.07) is 7.32. The number of sulfonamides is 1. The maximum atomic E-state index is 11.7. The quantitative estimate of drug-likeness (QED) is 0.807. The molecule has 1 aromatic heterocycles. The number of fused-ring (bicyclic) bond motifs is 1. The molecule has 0 fully saturated rings. The molecular weight excluding hydrogens is 276 g/mol. The summed E-state index contributed by atoms with van der Waals surface area (Å²) in [6.45, 7) is 0.328. The average molecular weight is 294 g/mol. The lowest BCUT2D eigenvalue weighted by Gasteiger charge is -2.13. The number of nitrogen functional groups attached to an aromatic ring is 1. The predicted molar refractivity (Wildman–Crippen MR) is 82.1 cm³/mol. The van der Waals surface area contributed by atoms with Crippen LogP contribution in [-0.2, 0) is 10.0 Å². The van der Waals surface area contributed by atoms with Crippen LogP contribution >= 0.6 is 0 Å². The van der Waals surface area contributed by atoms with Gasteiger partial charge in [0.25, 0.3) is 0 Å². The van der Waals surface area contributed by atoms with Crippen LogP contribution in [0.2, 0.25) is 0 Å². The van der Waals surface area contributed by atoms with Crippen LogP contribution in [0.3, 0.4) is 0 Å². The van der Waals surface area contributed by atoms with Crippen molar-refractivity contribution in [3.8, 4) is 0 Å². The lowest BCUT2D eigenvalue weighted by molar-refractivity contribution is 0.521. The van der Waals surface area contributed by atoms with Gasteiger partial charge in [-0.1, -0.05) is 0 Å². The normalized spacial score (nSPS) is 11.9. The Morgan fingerprint density at radius 1 is 1.30 bits per heavy atom. The van der Waals surface area contributed by atoms with E-state index in [2.05, 4.69) is 10.3 Å². The molecule has 7 heteroatoms. The van der Waals surface area contributed by atoms with Crippen molar-refractivity contribution in [3.63, 3.8) is 0 Å². The van der Waals surface area contributed by atoms with E-state index >= 15 is 0 Å². The number of hydrogen-bond acceptors (Lipinski definition) is 5. The molecule has 0 saturated heterocycles. The summed E-state index contributed by atoms with van der Waals surface area (Å²) in [6.07, 6.45) is 1.68. The first kappa shape index (κ1) is 14.5. The Morgan fingerprint density at radius 2 is 2.05 bits per heavy atom. The second kappa shape index (κ2) is 5.64. The fourth-order valence-electron chi connectivity index (χ4n) is 1.85. The van der Waals surface area contributed by atoms with Crippen molar-refractivity contribution in [1.82, 2.24) is 9.29 Å². The highest BCUT2D eigenvalue weighted by Gasteiger charge is 2.13. The molecule has 0 amide bonds. The molecule has 1 heterocycles. The van der Waals surface area contributed by atoms with Crippen molar-refractivity contribution < 1.29 is 8.42 Å². The van der Waals surface area contributed by atoms with E-state index in [-0.39, 0.29) is 5.75 Å². The van der Waals surface area contributed by atoms with E-state index in [1.54, 1.807) is 12.3 Å². The Bertz CT molecular complexity index is 713. The van der Waals surface area contributed by atoms with Crippen LogP contribution in [0.15, 0.2) is 30.5 Å². The van der Waals surface area contributed by atoms with Gasteiger partial charge in [0.05, 0.1) is 17.0 Å². The number of rotatable bonds is 5. The van der Waals surface area contributed by atoms with E-state index in [0.29, 0.717) is 17.7 Å². The molecule has 3 N–H and O–H groups in total. The number of nitrogens with one attached hydrogen (secondary N) is 1. The largest absolute Gasteiger partial charge is 0.397 e. The molecule has 20 heavy (non-hydrogen) atoms. The predicted octanol–water partition coefficient (Wildman–Crippen LogP) is 1.12. The number of anilines is 2. The summed E-state index contributed by atoms with van der Waals surface area (Å²) in [5.41, 5.74) is 8.02. The van der Waals surface area contributed by atoms with Crippen LogP contribution in [-0.4, -0.2) is 44.1 Å². The maximum absolute atomic E-state index is 11.7. The summed E-state index contributed by atoms with van der Waals surface area (Å²) in [7, 11) is -0.148. The van der Waals surface area contributed by atoms with E-state index in [1.807, 2.05) is 18.2 Å². The molecule has 0 spiro atoms. The molecule has 1 aromatic carbocycles. The Labute approximate surface area is 118 Å². The van der Waals surface area contributed by atoms with Gasteiger partial charge < -0.3 is 11.1 Å². The van der Waals surface area contributed by atoms with Crippen LogP contribution in [0.5, 0.6) is 0 Å². The van der Waals surface area contributed by atoms with E-state index in [9.17, 15) is 8.42 Å². The molecule has 0 aliphatic heterocycles. The van der Waals surface area contributed by atoms with Crippen molar-refractivity contribution in [1.29, 1.82) is 0 Å². The third kappa shape index (κ3) is 3.00. The molecule has 0 bridgehead atoms. The standard InChI is InChI=1S/C13H18N4O2S/c1-17(2)20(18,19)9-8-15-12-6-5-11(14)13-10(12)4-3-7-16-13/h3-7,15H,8-9,14H2,1-2H3. The van der Waals surface area contributed by atoms with Gasteiger partial charge in [-0.15, -0.1) is 0 Å². The van der Waals surface area contributed by atoms with Crippen molar-refractivity contribution in [3.05, 3.63) is 30.5 Å². The number of pyridine rings is 1. The number of aromatic nitrogens is 1. The lowest BCUT2D eigenvalue weighted by atomic mass is 10.1. The number of benzene rings is 1. The van der Waals surface area contributed by atoms with Crippen LogP contribution in [0.25, 0.3) is 10.9 Å². The van der Waals surface area contributed by atoms with Gasteiger partial charge >= 0.3 is 0 Å². The maximum Gasteiger partial charge on any atom is 0.215 e. The molecule has 0 aliphatic carbocycles. The summed E-state index contributed by atoms with van der Waals surface area (Å²) < 4.78 is 24.6. The SMILES string of the molecule is CN(C)S(=O)(=O)CCNc1ccc(N)c2ncccc12. The van der Waals surface area contributed by atoms with Gasteiger partial charge in [-0.05, 0) is 24.3 Å². The van der Waals surface area contributed by atoms with Crippen molar-refractivity contribution >= 4 is 32.3 Å². The van der Waals surface area contributed by atoms with Crippen LogP contribution < -0.4 is 11.1 Å². The van der Waals surface area contributed by atoms with Gasteiger partial charge in [-0.3, -0.25) is 4.98 Å². The highest BCUT2D eigenvalue weighted by molar-refractivity contribution is 7.89. The zero-order chi connectivity index (χ0) is 14.8. The second-order valence-corrected chi connectivity index (χ2v) is 6.93. The van der Waals surface area contributed by atoms with Crippen molar-refractivity contribution in [2.45, 2.75) is 0 Å². The van der Waals surface area contributed by atoms with E-state index in [4.69, 9.17) is 5.73 Å². The summed E-state index contributed by atoms with van der Waals surface area (Å²) in [5, 5.41) is 4.01. The van der Waals surface area contributed by atoms with Crippen LogP contribution in [0, 0.1) is 0 Å². The topological polar surface area (TPSA) is 88.3 Å². The summed E-state index contributed by atoms with van der Waals surface area (Å²) in [4.78, 5) is 4.23. The summed E-state index contributed by atoms with van der Waals surface area (Å²) >= 11 is 0. The molecule has 0 atom stereocenters. The molecule has 108 valence electrons. The zero-order valence-electron chi connectivity index (χ0n) is 11.5. The van der Waals surface area contributed by atoms with Crippen LogP contribution in [0.1, 0.15) is 0 Å². The fourth-order valence-corrected chi connectivity index (χ4v) is 2.57. The fraction of sp³-hybridized carbons (Fsp3) is 0.308. The Balaban J connectivity index is 2.17. The number of nitrogens with two attached hydrogens (primary N) is 1. The van der Waals surface area contributed by atoms with E-state index in [0.717, 1.165) is 11.1 Å². The molecule has 0 aliphatic rings. The second-order valence-electron chi connectivity index (χ2n) is 4.63. The minimum absolute atomic E-state index is 0.0339. The summed E-state index contributed by atoms with van der Waals surface area (Å²) in [5.74, 6) is 0.0339.